The number of carbonyl (C=O) groups excluding carboxylic acids is 1. The molecule has 4 aromatic rings. The molecule has 1 aliphatic heterocycles. The first-order valence-corrected chi connectivity index (χ1v) is 14.9. The lowest BCUT2D eigenvalue weighted by atomic mass is 10.1. The number of hydrogen-bond donors (Lipinski definition) is 2. The van der Waals surface area contributed by atoms with Crippen molar-refractivity contribution in [3.8, 4) is 0 Å². The Balaban J connectivity index is 1.18. The van der Waals surface area contributed by atoms with Crippen molar-refractivity contribution in [1.29, 1.82) is 0 Å². The van der Waals surface area contributed by atoms with Gasteiger partial charge in [0.15, 0.2) is 11.0 Å². The third-order valence-corrected chi connectivity index (χ3v) is 8.31. The van der Waals surface area contributed by atoms with Gasteiger partial charge in [0.05, 0.1) is 0 Å². The molecule has 2 aromatic carbocycles. The van der Waals surface area contributed by atoms with Crippen LogP contribution in [0.2, 0.25) is 0 Å². The maximum Gasteiger partial charge on any atom is 0.196 e. The zero-order valence-corrected chi connectivity index (χ0v) is 23.7. The molecule has 1 aliphatic carbocycles. The SMILES string of the molecule is CCC(=O)Cc1ccc(Sc2nc(Nc3cc(C4CC4)[nH]n3)cc(N3CCN(Cc4ccccc4)CC3)n2)cc1. The number of nitrogens with one attached hydrogen (secondary N) is 2. The lowest BCUT2D eigenvalue weighted by Crippen LogP contribution is -2.46. The molecule has 3 heterocycles. The Morgan fingerprint density at radius 3 is 2.45 bits per heavy atom. The molecular formula is C31H35N7OS. The molecule has 1 saturated heterocycles. The van der Waals surface area contributed by atoms with Gasteiger partial charge in [-0.3, -0.25) is 14.8 Å². The summed E-state index contributed by atoms with van der Waals surface area (Å²) in [4.78, 5) is 27.5. The lowest BCUT2D eigenvalue weighted by molar-refractivity contribution is -0.118. The van der Waals surface area contributed by atoms with Crippen molar-refractivity contribution >= 4 is 35.0 Å². The predicted octanol–water partition coefficient (Wildman–Crippen LogP) is 5.82. The summed E-state index contributed by atoms with van der Waals surface area (Å²) >= 11 is 1.53. The second-order valence-electron chi connectivity index (χ2n) is 10.6. The molecule has 0 atom stereocenters. The minimum Gasteiger partial charge on any atom is -0.354 e. The van der Waals surface area contributed by atoms with Crippen LogP contribution in [0, 0.1) is 0 Å². The van der Waals surface area contributed by atoms with Gasteiger partial charge in [0.2, 0.25) is 0 Å². The van der Waals surface area contributed by atoms with Crippen molar-refractivity contribution in [1.82, 2.24) is 25.1 Å². The number of anilines is 3. The molecule has 0 amide bonds. The van der Waals surface area contributed by atoms with E-state index in [0.717, 1.165) is 60.6 Å². The van der Waals surface area contributed by atoms with Gasteiger partial charge in [0, 0.05) is 74.2 Å². The molecule has 0 radical (unpaired) electrons. The van der Waals surface area contributed by atoms with E-state index < -0.39 is 0 Å². The molecule has 1 saturated carbocycles. The van der Waals surface area contributed by atoms with E-state index in [0.29, 0.717) is 23.9 Å². The summed E-state index contributed by atoms with van der Waals surface area (Å²) in [6, 6.07) is 22.9. The van der Waals surface area contributed by atoms with E-state index in [1.165, 1.54) is 35.9 Å². The summed E-state index contributed by atoms with van der Waals surface area (Å²) in [5.74, 6) is 3.29. The first-order valence-electron chi connectivity index (χ1n) is 14.1. The molecule has 6 rings (SSSR count). The number of Topliss-reactive ketones (excluding diaryl/α,β-unsaturated/α-hetero) is 1. The number of nitrogens with zero attached hydrogens (tertiary/aromatic N) is 5. The Morgan fingerprint density at radius 2 is 1.73 bits per heavy atom. The second kappa shape index (κ2) is 12.2. The molecule has 2 aromatic heterocycles. The highest BCUT2D eigenvalue weighted by molar-refractivity contribution is 7.99. The summed E-state index contributed by atoms with van der Waals surface area (Å²) in [6.07, 6.45) is 3.49. The number of aromatic nitrogens is 4. The first-order chi connectivity index (χ1) is 19.6. The molecule has 0 bridgehead atoms. The summed E-state index contributed by atoms with van der Waals surface area (Å²) in [5, 5.41) is 11.7. The van der Waals surface area contributed by atoms with E-state index in [1.807, 2.05) is 37.3 Å². The van der Waals surface area contributed by atoms with Gasteiger partial charge in [0.1, 0.15) is 17.4 Å². The van der Waals surface area contributed by atoms with Crippen molar-refractivity contribution in [2.24, 2.45) is 0 Å². The monoisotopic (exact) mass is 553 g/mol. The van der Waals surface area contributed by atoms with Gasteiger partial charge in [-0.05, 0) is 47.9 Å². The fourth-order valence-electron chi connectivity index (χ4n) is 4.93. The Kier molecular flexibility index (Phi) is 8.11. The van der Waals surface area contributed by atoms with Crippen LogP contribution in [0.5, 0.6) is 0 Å². The number of rotatable bonds is 11. The van der Waals surface area contributed by atoms with Crippen LogP contribution in [0.1, 0.15) is 48.9 Å². The van der Waals surface area contributed by atoms with Gasteiger partial charge in [-0.1, -0.05) is 49.4 Å². The number of carbonyl (C=O) groups is 1. The summed E-state index contributed by atoms with van der Waals surface area (Å²) in [5.41, 5.74) is 3.56. The molecule has 9 heteroatoms. The van der Waals surface area contributed by atoms with Crippen LogP contribution in [0.4, 0.5) is 17.5 Å². The van der Waals surface area contributed by atoms with Gasteiger partial charge in [-0.2, -0.15) is 5.10 Å². The van der Waals surface area contributed by atoms with E-state index in [2.05, 4.69) is 61.7 Å². The van der Waals surface area contributed by atoms with Gasteiger partial charge in [0.25, 0.3) is 0 Å². The van der Waals surface area contributed by atoms with E-state index in [1.54, 1.807) is 0 Å². The fourth-order valence-corrected chi connectivity index (χ4v) is 5.70. The smallest absolute Gasteiger partial charge is 0.196 e. The van der Waals surface area contributed by atoms with Gasteiger partial charge < -0.3 is 10.2 Å². The standard InChI is InChI=1S/C31H35N7OS/c1-2-25(39)18-22-8-12-26(13-9-22)40-31-33-28(32-29-19-27(35-36-29)24-10-11-24)20-30(34-31)38-16-14-37(15-17-38)21-23-6-4-3-5-7-23/h3-9,12-13,19-20,24H,2,10-11,14-18,21H2,1H3,(H2,32,33,34,35,36). The molecule has 0 spiro atoms. The third-order valence-electron chi connectivity index (χ3n) is 7.44. The van der Waals surface area contributed by atoms with Crippen molar-refractivity contribution in [2.45, 2.75) is 55.1 Å². The van der Waals surface area contributed by atoms with Crippen LogP contribution < -0.4 is 10.2 Å². The molecule has 8 nitrogen and oxygen atoms in total. The zero-order chi connectivity index (χ0) is 27.3. The topological polar surface area (TPSA) is 90.0 Å². The zero-order valence-electron chi connectivity index (χ0n) is 22.8. The minimum absolute atomic E-state index is 0.249. The first kappa shape index (κ1) is 26.5. The Bertz CT molecular complexity index is 1430. The molecule has 40 heavy (non-hydrogen) atoms. The Labute approximate surface area is 239 Å². The fraction of sp³-hybridized carbons (Fsp3) is 0.355. The number of H-pyrrole nitrogens is 1. The molecule has 2 fully saturated rings. The lowest BCUT2D eigenvalue weighted by Gasteiger charge is -2.35. The van der Waals surface area contributed by atoms with Gasteiger partial charge in [-0.15, -0.1) is 0 Å². The van der Waals surface area contributed by atoms with E-state index in [9.17, 15) is 4.79 Å². The molecular weight excluding hydrogens is 518 g/mol. The highest BCUT2D eigenvalue weighted by Crippen LogP contribution is 2.39. The maximum absolute atomic E-state index is 11.8. The summed E-state index contributed by atoms with van der Waals surface area (Å²) < 4.78 is 0. The summed E-state index contributed by atoms with van der Waals surface area (Å²) in [7, 11) is 0. The average Bonchev–Trinajstić information content (AvgIpc) is 3.73. The van der Waals surface area contributed by atoms with E-state index in [4.69, 9.17) is 9.97 Å². The van der Waals surface area contributed by atoms with Crippen LogP contribution in [0.15, 0.2) is 76.8 Å². The molecule has 2 N–H and O–H groups in total. The van der Waals surface area contributed by atoms with Gasteiger partial charge >= 0.3 is 0 Å². The highest BCUT2D eigenvalue weighted by atomic mass is 32.2. The largest absolute Gasteiger partial charge is 0.354 e. The van der Waals surface area contributed by atoms with E-state index in [-0.39, 0.29) is 5.78 Å². The molecule has 206 valence electrons. The van der Waals surface area contributed by atoms with Crippen molar-refractivity contribution in [2.75, 3.05) is 36.4 Å². The van der Waals surface area contributed by atoms with Crippen molar-refractivity contribution < 1.29 is 4.79 Å². The number of piperazine rings is 1. The van der Waals surface area contributed by atoms with Gasteiger partial charge in [-0.25, -0.2) is 9.97 Å². The Hall–Kier alpha value is -3.69. The summed E-state index contributed by atoms with van der Waals surface area (Å²) in [6.45, 7) is 6.64. The Morgan fingerprint density at radius 1 is 0.950 bits per heavy atom. The molecule has 0 unspecified atom stereocenters. The van der Waals surface area contributed by atoms with Crippen LogP contribution >= 0.6 is 11.8 Å². The highest BCUT2D eigenvalue weighted by Gasteiger charge is 2.26. The van der Waals surface area contributed by atoms with Crippen LogP contribution in [-0.4, -0.2) is 57.0 Å². The number of ketones is 1. The number of aromatic amines is 1. The van der Waals surface area contributed by atoms with Crippen LogP contribution in [-0.2, 0) is 17.8 Å². The van der Waals surface area contributed by atoms with Crippen molar-refractivity contribution in [3.63, 3.8) is 0 Å². The van der Waals surface area contributed by atoms with Crippen LogP contribution in [0.3, 0.4) is 0 Å². The van der Waals surface area contributed by atoms with Crippen molar-refractivity contribution in [3.05, 3.63) is 83.6 Å². The average molecular weight is 554 g/mol. The quantitative estimate of drug-likeness (QED) is 0.225. The minimum atomic E-state index is 0.249. The van der Waals surface area contributed by atoms with Crippen LogP contribution in [0.25, 0.3) is 0 Å². The molecule has 2 aliphatic rings. The number of hydrogen-bond acceptors (Lipinski definition) is 8. The van der Waals surface area contributed by atoms with E-state index >= 15 is 0 Å². The maximum atomic E-state index is 11.8. The second-order valence-corrected chi connectivity index (χ2v) is 11.6. The third kappa shape index (κ3) is 6.89. The number of benzene rings is 2. The predicted molar refractivity (Wildman–Crippen MR) is 159 cm³/mol. The normalized spacial score (nSPS) is 15.8.